The predicted octanol–water partition coefficient (Wildman–Crippen LogP) is 4.00. The SMILES string of the molecule is CN1C(=O)Cc2cc(-c3csc(-c4ccccc4)n3)ccc21. The lowest BCUT2D eigenvalue weighted by Gasteiger charge is -2.09. The van der Waals surface area contributed by atoms with Crippen LogP contribution in [0.5, 0.6) is 0 Å². The molecular weight excluding hydrogens is 292 g/mol. The molecule has 0 spiro atoms. The van der Waals surface area contributed by atoms with Crippen molar-refractivity contribution in [3.05, 3.63) is 59.5 Å². The Balaban J connectivity index is 1.71. The van der Waals surface area contributed by atoms with Gasteiger partial charge in [0.2, 0.25) is 5.91 Å². The second kappa shape index (κ2) is 5.07. The lowest BCUT2D eigenvalue weighted by atomic mass is 10.1. The molecule has 0 atom stereocenters. The van der Waals surface area contributed by atoms with Crippen molar-refractivity contribution in [3.63, 3.8) is 0 Å². The Morgan fingerprint density at radius 3 is 2.73 bits per heavy atom. The zero-order valence-corrected chi connectivity index (χ0v) is 12.9. The first-order valence-electron chi connectivity index (χ1n) is 7.13. The first-order chi connectivity index (χ1) is 10.7. The van der Waals surface area contributed by atoms with E-state index in [-0.39, 0.29) is 5.91 Å². The highest BCUT2D eigenvalue weighted by molar-refractivity contribution is 7.13. The molecule has 0 saturated carbocycles. The van der Waals surface area contributed by atoms with Crippen LogP contribution in [0.2, 0.25) is 0 Å². The summed E-state index contributed by atoms with van der Waals surface area (Å²) in [6, 6.07) is 16.3. The molecule has 0 bridgehead atoms. The standard InChI is InChI=1S/C18H14N2OS/c1-20-16-8-7-13(9-14(16)10-17(20)21)15-11-22-18(19-15)12-5-3-2-4-6-12/h2-9,11H,10H2,1H3. The average molecular weight is 306 g/mol. The Kier molecular flexibility index (Phi) is 3.05. The summed E-state index contributed by atoms with van der Waals surface area (Å²) in [4.78, 5) is 18.2. The largest absolute Gasteiger partial charge is 0.315 e. The maximum Gasteiger partial charge on any atom is 0.231 e. The van der Waals surface area contributed by atoms with Crippen LogP contribution in [0.25, 0.3) is 21.8 Å². The van der Waals surface area contributed by atoms with Crippen LogP contribution in [-0.2, 0) is 11.2 Å². The third-order valence-corrected chi connectivity index (χ3v) is 4.87. The van der Waals surface area contributed by atoms with Crippen molar-refractivity contribution in [3.8, 4) is 21.8 Å². The lowest BCUT2D eigenvalue weighted by molar-refractivity contribution is -0.117. The van der Waals surface area contributed by atoms with E-state index in [1.54, 1.807) is 16.2 Å². The number of aromatic nitrogens is 1. The van der Waals surface area contributed by atoms with Crippen LogP contribution in [0.1, 0.15) is 5.56 Å². The Morgan fingerprint density at radius 2 is 1.91 bits per heavy atom. The topological polar surface area (TPSA) is 33.2 Å². The molecule has 3 nitrogen and oxygen atoms in total. The number of carbonyl (C=O) groups excluding carboxylic acids is 1. The van der Waals surface area contributed by atoms with E-state index in [0.717, 1.165) is 33.1 Å². The minimum atomic E-state index is 0.149. The van der Waals surface area contributed by atoms with E-state index >= 15 is 0 Å². The van der Waals surface area contributed by atoms with Gasteiger partial charge >= 0.3 is 0 Å². The summed E-state index contributed by atoms with van der Waals surface area (Å²) in [7, 11) is 1.82. The molecule has 1 amide bonds. The molecule has 3 aromatic rings. The fourth-order valence-electron chi connectivity index (χ4n) is 2.75. The van der Waals surface area contributed by atoms with Crippen LogP contribution in [0, 0.1) is 0 Å². The first kappa shape index (κ1) is 13.2. The van der Waals surface area contributed by atoms with Gasteiger partial charge < -0.3 is 4.90 Å². The van der Waals surface area contributed by atoms with Crippen LogP contribution in [0.4, 0.5) is 5.69 Å². The minimum Gasteiger partial charge on any atom is -0.315 e. The quantitative estimate of drug-likeness (QED) is 0.717. The fourth-order valence-corrected chi connectivity index (χ4v) is 3.58. The van der Waals surface area contributed by atoms with Gasteiger partial charge in [-0.1, -0.05) is 36.4 Å². The van der Waals surface area contributed by atoms with Gasteiger partial charge in [0.15, 0.2) is 0 Å². The van der Waals surface area contributed by atoms with Crippen LogP contribution in [-0.4, -0.2) is 17.9 Å². The Morgan fingerprint density at radius 1 is 1.09 bits per heavy atom. The average Bonchev–Trinajstić information content (AvgIpc) is 3.14. The van der Waals surface area contributed by atoms with E-state index in [9.17, 15) is 4.79 Å². The summed E-state index contributed by atoms with van der Waals surface area (Å²) in [5.41, 5.74) is 5.26. The highest BCUT2D eigenvalue weighted by Crippen LogP contribution is 2.34. The Labute approximate surface area is 132 Å². The number of likely N-dealkylation sites (N-methyl/N-ethyl adjacent to an activating group) is 1. The summed E-state index contributed by atoms with van der Waals surface area (Å²) in [5, 5.41) is 3.09. The van der Waals surface area contributed by atoms with Gasteiger partial charge in [-0.25, -0.2) is 4.98 Å². The lowest BCUT2D eigenvalue weighted by Crippen LogP contribution is -2.20. The van der Waals surface area contributed by atoms with Crippen molar-refractivity contribution >= 4 is 22.9 Å². The van der Waals surface area contributed by atoms with Crippen LogP contribution in [0.15, 0.2) is 53.9 Å². The molecule has 0 unspecified atom stereocenters. The molecule has 22 heavy (non-hydrogen) atoms. The molecule has 0 aliphatic carbocycles. The highest BCUT2D eigenvalue weighted by Gasteiger charge is 2.24. The molecule has 1 aliphatic heterocycles. The van der Waals surface area contributed by atoms with Gasteiger partial charge in [-0.15, -0.1) is 11.3 Å². The van der Waals surface area contributed by atoms with Crippen molar-refractivity contribution in [2.45, 2.75) is 6.42 Å². The van der Waals surface area contributed by atoms with Gasteiger partial charge in [0, 0.05) is 29.2 Å². The molecule has 108 valence electrons. The number of thiazole rings is 1. The van der Waals surface area contributed by atoms with Gasteiger partial charge in [-0.3, -0.25) is 4.79 Å². The fraction of sp³-hybridized carbons (Fsp3) is 0.111. The molecule has 0 saturated heterocycles. The maximum absolute atomic E-state index is 11.8. The molecule has 2 heterocycles. The second-order valence-electron chi connectivity index (χ2n) is 5.38. The normalized spacial score (nSPS) is 13.5. The van der Waals surface area contributed by atoms with Gasteiger partial charge in [0.25, 0.3) is 0 Å². The smallest absolute Gasteiger partial charge is 0.231 e. The van der Waals surface area contributed by atoms with Gasteiger partial charge in [-0.05, 0) is 17.7 Å². The first-order valence-corrected chi connectivity index (χ1v) is 8.01. The van der Waals surface area contributed by atoms with Gasteiger partial charge in [0.1, 0.15) is 5.01 Å². The summed E-state index contributed by atoms with van der Waals surface area (Å²) in [6.45, 7) is 0. The van der Waals surface area contributed by atoms with E-state index in [1.807, 2.05) is 37.4 Å². The molecule has 2 aromatic carbocycles. The predicted molar refractivity (Wildman–Crippen MR) is 90.1 cm³/mol. The van der Waals surface area contributed by atoms with E-state index in [2.05, 4.69) is 23.6 Å². The minimum absolute atomic E-state index is 0.149. The molecule has 4 heteroatoms. The van der Waals surface area contributed by atoms with E-state index in [1.165, 1.54) is 0 Å². The molecular formula is C18H14N2OS. The number of hydrogen-bond acceptors (Lipinski definition) is 3. The molecule has 0 fully saturated rings. The van der Waals surface area contributed by atoms with Gasteiger partial charge in [-0.2, -0.15) is 0 Å². The number of rotatable bonds is 2. The summed E-state index contributed by atoms with van der Waals surface area (Å²) < 4.78 is 0. The number of carbonyl (C=O) groups is 1. The van der Waals surface area contributed by atoms with Crippen molar-refractivity contribution < 1.29 is 4.79 Å². The zero-order chi connectivity index (χ0) is 15.1. The number of hydrogen-bond donors (Lipinski definition) is 0. The number of amides is 1. The van der Waals surface area contributed by atoms with E-state index in [0.29, 0.717) is 6.42 Å². The molecule has 4 rings (SSSR count). The summed E-state index contributed by atoms with van der Waals surface area (Å²) in [6.07, 6.45) is 0.482. The Bertz CT molecular complexity index is 855. The van der Waals surface area contributed by atoms with Gasteiger partial charge in [0.05, 0.1) is 12.1 Å². The number of fused-ring (bicyclic) bond motifs is 1. The molecule has 0 N–H and O–H groups in total. The zero-order valence-electron chi connectivity index (χ0n) is 12.1. The summed E-state index contributed by atoms with van der Waals surface area (Å²) in [5.74, 6) is 0.149. The summed E-state index contributed by atoms with van der Waals surface area (Å²) >= 11 is 1.64. The van der Waals surface area contributed by atoms with Crippen LogP contribution >= 0.6 is 11.3 Å². The number of anilines is 1. The third-order valence-electron chi connectivity index (χ3n) is 3.98. The van der Waals surface area contributed by atoms with Crippen LogP contribution in [0.3, 0.4) is 0 Å². The monoisotopic (exact) mass is 306 g/mol. The van der Waals surface area contributed by atoms with Crippen molar-refractivity contribution in [2.75, 3.05) is 11.9 Å². The second-order valence-corrected chi connectivity index (χ2v) is 6.24. The number of benzene rings is 2. The number of nitrogens with zero attached hydrogens (tertiary/aromatic N) is 2. The van der Waals surface area contributed by atoms with Crippen molar-refractivity contribution in [1.29, 1.82) is 0 Å². The van der Waals surface area contributed by atoms with E-state index in [4.69, 9.17) is 4.98 Å². The van der Waals surface area contributed by atoms with Crippen molar-refractivity contribution in [2.24, 2.45) is 0 Å². The third kappa shape index (κ3) is 2.12. The highest BCUT2D eigenvalue weighted by atomic mass is 32.1. The van der Waals surface area contributed by atoms with E-state index < -0.39 is 0 Å². The maximum atomic E-state index is 11.8. The molecule has 0 radical (unpaired) electrons. The van der Waals surface area contributed by atoms with Crippen LogP contribution < -0.4 is 4.90 Å². The molecule has 1 aromatic heterocycles. The van der Waals surface area contributed by atoms with Crippen molar-refractivity contribution in [1.82, 2.24) is 4.98 Å². The Hall–Kier alpha value is -2.46. The molecule has 1 aliphatic rings.